The average Bonchev–Trinajstić information content (AvgIpc) is 3.54. The summed E-state index contributed by atoms with van der Waals surface area (Å²) in [6.07, 6.45) is 0. The molecule has 8 rings (SSSR count). The van der Waals surface area contributed by atoms with Crippen LogP contribution < -0.4 is 0 Å². The fourth-order valence-electron chi connectivity index (χ4n) is 6.17. The first-order chi connectivity index (χ1) is 20.3. The fraction of sp³-hybridized carbons (Fsp3) is 0. The van der Waals surface area contributed by atoms with E-state index in [1.807, 2.05) is 11.3 Å². The molecule has 0 spiro atoms. The van der Waals surface area contributed by atoms with Gasteiger partial charge in [0.2, 0.25) is 0 Å². The predicted octanol–water partition coefficient (Wildman–Crippen LogP) is 11.9. The summed E-state index contributed by atoms with van der Waals surface area (Å²) in [6.45, 7) is 0. The summed E-state index contributed by atoms with van der Waals surface area (Å²) in [5.41, 5.74) is 7.61. The van der Waals surface area contributed by atoms with Crippen LogP contribution in [0, 0.1) is 0 Å². The Labute approximate surface area is 243 Å². The van der Waals surface area contributed by atoms with E-state index >= 15 is 0 Å². The Morgan fingerprint density at radius 1 is 0.293 bits per heavy atom. The highest BCUT2D eigenvalue weighted by atomic mass is 32.1. The number of fused-ring (bicyclic) bond motifs is 3. The second-order valence-electron chi connectivity index (χ2n) is 10.5. The van der Waals surface area contributed by atoms with E-state index in [0.717, 1.165) is 0 Å². The highest BCUT2D eigenvalue weighted by molar-refractivity contribution is 7.18. The number of benzene rings is 7. The average molecular weight is 539 g/mol. The lowest BCUT2D eigenvalue weighted by Gasteiger charge is -2.18. The van der Waals surface area contributed by atoms with E-state index in [0.29, 0.717) is 0 Å². The minimum atomic E-state index is 1.25. The maximum atomic E-state index is 2.37. The molecule has 0 unspecified atom stereocenters. The van der Waals surface area contributed by atoms with E-state index < -0.39 is 0 Å². The fourth-order valence-corrected chi connectivity index (χ4v) is 7.18. The van der Waals surface area contributed by atoms with Crippen LogP contribution in [0.25, 0.3) is 75.5 Å². The Kier molecular flexibility index (Phi) is 5.76. The zero-order valence-corrected chi connectivity index (χ0v) is 23.2. The molecule has 0 fully saturated rings. The van der Waals surface area contributed by atoms with E-state index in [2.05, 4.69) is 158 Å². The van der Waals surface area contributed by atoms with Gasteiger partial charge in [0.25, 0.3) is 0 Å². The Morgan fingerprint density at radius 3 is 1.44 bits per heavy atom. The molecule has 0 aliphatic carbocycles. The standard InChI is InChI=1S/C40H26S/c1-2-12-28(13-3-1)37-23-24-38(41-37)30-15-10-16-31(26-30)39-33-17-6-8-19-35(33)40(36-20-9-7-18-34(36)39)32-22-21-27-11-4-5-14-29(27)25-32/h1-26H. The molecule has 7 aromatic carbocycles. The summed E-state index contributed by atoms with van der Waals surface area (Å²) in [7, 11) is 0. The van der Waals surface area contributed by atoms with Gasteiger partial charge < -0.3 is 0 Å². The smallest absolute Gasteiger partial charge is 0.0349 e. The molecule has 0 nitrogen and oxygen atoms in total. The third kappa shape index (κ3) is 4.14. The van der Waals surface area contributed by atoms with Crippen molar-refractivity contribution in [1.82, 2.24) is 0 Å². The molecule has 0 aliphatic rings. The Bertz CT molecular complexity index is 2140. The number of rotatable bonds is 4. The van der Waals surface area contributed by atoms with Crippen LogP contribution >= 0.6 is 11.3 Å². The maximum absolute atomic E-state index is 2.37. The first-order valence-corrected chi connectivity index (χ1v) is 14.8. The molecule has 8 aromatic rings. The van der Waals surface area contributed by atoms with Gasteiger partial charge in [-0.15, -0.1) is 11.3 Å². The van der Waals surface area contributed by atoms with Gasteiger partial charge in [-0.3, -0.25) is 0 Å². The van der Waals surface area contributed by atoms with E-state index in [1.54, 1.807) is 0 Å². The summed E-state index contributed by atoms with van der Waals surface area (Å²) in [5.74, 6) is 0. The first-order valence-electron chi connectivity index (χ1n) is 14.0. The van der Waals surface area contributed by atoms with E-state index in [4.69, 9.17) is 0 Å². The van der Waals surface area contributed by atoms with Crippen molar-refractivity contribution in [1.29, 1.82) is 0 Å². The van der Waals surface area contributed by atoms with Crippen molar-refractivity contribution in [3.8, 4) is 43.1 Å². The summed E-state index contributed by atoms with van der Waals surface area (Å²) in [6, 6.07) is 57.5. The first kappa shape index (κ1) is 23.9. The molecule has 41 heavy (non-hydrogen) atoms. The third-order valence-electron chi connectivity index (χ3n) is 8.07. The molecule has 0 saturated carbocycles. The quantitative estimate of drug-likeness (QED) is 0.195. The lowest BCUT2D eigenvalue weighted by atomic mass is 9.85. The van der Waals surface area contributed by atoms with Crippen LogP contribution in [0.1, 0.15) is 0 Å². The van der Waals surface area contributed by atoms with Crippen LogP contribution in [-0.2, 0) is 0 Å². The predicted molar refractivity (Wildman–Crippen MR) is 179 cm³/mol. The van der Waals surface area contributed by atoms with Crippen LogP contribution in [0.15, 0.2) is 158 Å². The molecule has 0 N–H and O–H groups in total. The van der Waals surface area contributed by atoms with Gasteiger partial charge in [0.15, 0.2) is 0 Å². The molecular weight excluding hydrogens is 513 g/mol. The molecule has 0 atom stereocenters. The monoisotopic (exact) mass is 538 g/mol. The number of thiophene rings is 1. The highest BCUT2D eigenvalue weighted by Gasteiger charge is 2.17. The number of hydrogen-bond donors (Lipinski definition) is 0. The van der Waals surface area contributed by atoms with Crippen LogP contribution in [0.2, 0.25) is 0 Å². The zero-order chi connectivity index (χ0) is 27.2. The van der Waals surface area contributed by atoms with Gasteiger partial charge in [-0.05, 0) is 90.0 Å². The van der Waals surface area contributed by atoms with E-state index in [9.17, 15) is 0 Å². The normalized spacial score (nSPS) is 11.4. The zero-order valence-electron chi connectivity index (χ0n) is 22.4. The van der Waals surface area contributed by atoms with Gasteiger partial charge in [-0.1, -0.05) is 133 Å². The largest absolute Gasteiger partial charge is 0.135 e. The maximum Gasteiger partial charge on any atom is 0.0349 e. The van der Waals surface area contributed by atoms with E-state index in [-0.39, 0.29) is 0 Å². The molecule has 0 aliphatic heterocycles. The lowest BCUT2D eigenvalue weighted by molar-refractivity contribution is 1.65. The number of hydrogen-bond acceptors (Lipinski definition) is 1. The van der Waals surface area contributed by atoms with Gasteiger partial charge in [0.05, 0.1) is 0 Å². The Hall–Kier alpha value is -4.98. The molecule has 1 heterocycles. The minimum absolute atomic E-state index is 1.25. The van der Waals surface area contributed by atoms with Crippen molar-refractivity contribution in [2.45, 2.75) is 0 Å². The van der Waals surface area contributed by atoms with Crippen LogP contribution in [0.3, 0.4) is 0 Å². The van der Waals surface area contributed by atoms with Gasteiger partial charge in [0, 0.05) is 9.75 Å². The molecule has 1 aromatic heterocycles. The molecule has 1 heteroatoms. The van der Waals surface area contributed by atoms with Gasteiger partial charge >= 0.3 is 0 Å². The highest BCUT2D eigenvalue weighted by Crippen LogP contribution is 2.45. The second kappa shape index (κ2) is 9.89. The molecule has 0 radical (unpaired) electrons. The van der Waals surface area contributed by atoms with Crippen molar-refractivity contribution < 1.29 is 0 Å². The summed E-state index contributed by atoms with van der Waals surface area (Å²) < 4.78 is 0. The van der Waals surface area contributed by atoms with Crippen molar-refractivity contribution in [3.05, 3.63) is 158 Å². The summed E-state index contributed by atoms with van der Waals surface area (Å²) in [5, 5.41) is 7.65. The molecular formula is C40H26S. The summed E-state index contributed by atoms with van der Waals surface area (Å²) in [4.78, 5) is 2.58. The van der Waals surface area contributed by atoms with Crippen molar-refractivity contribution in [3.63, 3.8) is 0 Å². The molecule has 192 valence electrons. The van der Waals surface area contributed by atoms with E-state index in [1.165, 1.54) is 75.5 Å². The van der Waals surface area contributed by atoms with Crippen molar-refractivity contribution in [2.24, 2.45) is 0 Å². The van der Waals surface area contributed by atoms with Gasteiger partial charge in [-0.25, -0.2) is 0 Å². The second-order valence-corrected chi connectivity index (χ2v) is 11.6. The van der Waals surface area contributed by atoms with Gasteiger partial charge in [0.1, 0.15) is 0 Å². The third-order valence-corrected chi connectivity index (χ3v) is 9.25. The van der Waals surface area contributed by atoms with Crippen molar-refractivity contribution >= 4 is 43.7 Å². The molecule has 0 amide bonds. The minimum Gasteiger partial charge on any atom is -0.135 e. The molecule has 0 bridgehead atoms. The van der Waals surface area contributed by atoms with Gasteiger partial charge in [-0.2, -0.15) is 0 Å². The van der Waals surface area contributed by atoms with Crippen LogP contribution in [-0.4, -0.2) is 0 Å². The molecule has 0 saturated heterocycles. The Balaban J connectivity index is 1.34. The van der Waals surface area contributed by atoms with Crippen LogP contribution in [0.5, 0.6) is 0 Å². The topological polar surface area (TPSA) is 0 Å². The van der Waals surface area contributed by atoms with Crippen molar-refractivity contribution in [2.75, 3.05) is 0 Å². The SMILES string of the molecule is c1ccc(-c2ccc(-c3cccc(-c4c5ccccc5c(-c5ccc6ccccc6c5)c5ccccc45)c3)s2)cc1. The lowest BCUT2D eigenvalue weighted by Crippen LogP contribution is -1.91. The van der Waals surface area contributed by atoms with Crippen LogP contribution in [0.4, 0.5) is 0 Å². The Morgan fingerprint density at radius 2 is 0.780 bits per heavy atom. The summed E-state index contributed by atoms with van der Waals surface area (Å²) >= 11 is 1.85.